The van der Waals surface area contributed by atoms with Crippen LogP contribution in [0.4, 0.5) is 0 Å². The molecule has 1 unspecified atom stereocenters. The van der Waals surface area contributed by atoms with Gasteiger partial charge in [-0.25, -0.2) is 0 Å². The van der Waals surface area contributed by atoms with E-state index in [2.05, 4.69) is 6.07 Å². The van der Waals surface area contributed by atoms with Crippen molar-refractivity contribution in [3.8, 4) is 6.07 Å². The predicted octanol–water partition coefficient (Wildman–Crippen LogP) is 3.20. The number of ether oxygens (including phenoxy) is 1. The zero-order valence-corrected chi connectivity index (χ0v) is 12.8. The van der Waals surface area contributed by atoms with Gasteiger partial charge >= 0.3 is 0 Å². The molecule has 0 amide bonds. The molecule has 2 N–H and O–H groups in total. The fourth-order valence-electron chi connectivity index (χ4n) is 2.90. The number of thiophene rings is 1. The van der Waals surface area contributed by atoms with E-state index in [0.29, 0.717) is 23.3 Å². The van der Waals surface area contributed by atoms with Crippen molar-refractivity contribution in [2.24, 2.45) is 11.1 Å². The summed E-state index contributed by atoms with van der Waals surface area (Å²) < 4.78 is 5.58. The van der Waals surface area contributed by atoms with Crippen molar-refractivity contribution in [1.29, 1.82) is 5.26 Å². The first kappa shape index (κ1) is 13.9. The predicted molar refractivity (Wildman–Crippen MR) is 80.0 cm³/mol. The van der Waals surface area contributed by atoms with Crippen LogP contribution in [-0.2, 0) is 9.53 Å². The van der Waals surface area contributed by atoms with Crippen LogP contribution in [0.5, 0.6) is 0 Å². The summed E-state index contributed by atoms with van der Waals surface area (Å²) in [6.07, 6.45) is 1.41. The van der Waals surface area contributed by atoms with E-state index < -0.39 is 5.41 Å². The van der Waals surface area contributed by atoms with Gasteiger partial charge in [-0.2, -0.15) is 5.26 Å². The number of nitrogens with two attached hydrogens (primary N) is 1. The van der Waals surface area contributed by atoms with Gasteiger partial charge in [0.2, 0.25) is 5.88 Å². The number of carbonyl (C=O) groups is 1. The van der Waals surface area contributed by atoms with Crippen LogP contribution >= 0.6 is 11.3 Å². The second-order valence-corrected chi connectivity index (χ2v) is 6.97. The molecule has 1 aromatic heterocycles. The van der Waals surface area contributed by atoms with Gasteiger partial charge < -0.3 is 10.5 Å². The summed E-state index contributed by atoms with van der Waals surface area (Å²) in [4.78, 5) is 13.8. The highest BCUT2D eigenvalue weighted by Gasteiger charge is 2.45. The number of nitriles is 1. The Kier molecular flexibility index (Phi) is 3.14. The first-order chi connectivity index (χ1) is 9.95. The Bertz CT molecular complexity index is 705. The Morgan fingerprint density at radius 3 is 2.90 bits per heavy atom. The van der Waals surface area contributed by atoms with E-state index in [-0.39, 0.29) is 17.6 Å². The molecular formula is C16H16N2O2S. The molecule has 4 nitrogen and oxygen atoms in total. The number of nitrogens with zero attached hydrogens (tertiary/aromatic N) is 1. The fraction of sp³-hybridized carbons (Fsp3) is 0.375. The van der Waals surface area contributed by atoms with Gasteiger partial charge in [0.25, 0.3) is 0 Å². The quantitative estimate of drug-likeness (QED) is 0.864. The standard InChI is InChI=1S/C16H16N2O2S/c1-16(2)6-5-10-13(14(16)19)12(11-4-3-7-21-11)9(8-17)15(18)20-10/h3-4,7,12H,5-6,18H2,1-2H3. The molecule has 1 aliphatic carbocycles. The van der Waals surface area contributed by atoms with E-state index in [1.165, 1.54) is 11.3 Å². The Morgan fingerprint density at radius 2 is 2.29 bits per heavy atom. The van der Waals surface area contributed by atoms with Gasteiger partial charge in [0, 0.05) is 22.3 Å². The van der Waals surface area contributed by atoms with Gasteiger partial charge in [0.15, 0.2) is 5.78 Å². The SMILES string of the molecule is CC1(C)CCC2=C(C1=O)C(c1cccs1)C(C#N)=C(N)O2. The fourth-order valence-corrected chi connectivity index (χ4v) is 3.74. The van der Waals surface area contributed by atoms with Crippen LogP contribution in [0.2, 0.25) is 0 Å². The highest BCUT2D eigenvalue weighted by atomic mass is 32.1. The van der Waals surface area contributed by atoms with E-state index in [9.17, 15) is 10.1 Å². The minimum absolute atomic E-state index is 0.0578. The molecular weight excluding hydrogens is 284 g/mol. The number of hydrogen-bond acceptors (Lipinski definition) is 5. The average Bonchev–Trinajstić information content (AvgIpc) is 2.96. The first-order valence-electron chi connectivity index (χ1n) is 6.84. The molecule has 2 heterocycles. The van der Waals surface area contributed by atoms with Gasteiger partial charge in [-0.15, -0.1) is 11.3 Å². The van der Waals surface area contributed by atoms with Gasteiger partial charge in [0.1, 0.15) is 17.4 Å². The van der Waals surface area contributed by atoms with E-state index in [4.69, 9.17) is 10.5 Å². The zero-order valence-electron chi connectivity index (χ0n) is 12.0. The summed E-state index contributed by atoms with van der Waals surface area (Å²) >= 11 is 1.53. The van der Waals surface area contributed by atoms with E-state index in [1.807, 2.05) is 31.4 Å². The molecule has 1 aromatic rings. The lowest BCUT2D eigenvalue weighted by Gasteiger charge is -2.36. The second-order valence-electron chi connectivity index (χ2n) is 5.99. The third-order valence-corrected chi connectivity index (χ3v) is 5.10. The van der Waals surface area contributed by atoms with Crippen LogP contribution in [-0.4, -0.2) is 5.78 Å². The Morgan fingerprint density at radius 1 is 1.52 bits per heavy atom. The van der Waals surface area contributed by atoms with Crippen LogP contribution in [0.25, 0.3) is 0 Å². The van der Waals surface area contributed by atoms with E-state index in [1.54, 1.807) is 0 Å². The van der Waals surface area contributed by atoms with Crippen LogP contribution in [0.15, 0.2) is 40.3 Å². The molecule has 0 radical (unpaired) electrons. The lowest BCUT2D eigenvalue weighted by Crippen LogP contribution is -2.36. The Balaban J connectivity index is 2.19. The molecule has 3 rings (SSSR count). The van der Waals surface area contributed by atoms with Gasteiger partial charge in [0.05, 0.1) is 5.92 Å². The van der Waals surface area contributed by atoms with Crippen molar-refractivity contribution < 1.29 is 9.53 Å². The van der Waals surface area contributed by atoms with Crippen molar-refractivity contribution in [2.45, 2.75) is 32.6 Å². The molecule has 0 saturated carbocycles. The molecule has 0 spiro atoms. The van der Waals surface area contributed by atoms with Crippen molar-refractivity contribution in [2.75, 3.05) is 0 Å². The van der Waals surface area contributed by atoms with Crippen LogP contribution < -0.4 is 5.73 Å². The van der Waals surface area contributed by atoms with E-state index >= 15 is 0 Å². The maximum absolute atomic E-state index is 12.8. The average molecular weight is 300 g/mol. The number of hydrogen-bond donors (Lipinski definition) is 1. The highest BCUT2D eigenvalue weighted by molar-refractivity contribution is 7.10. The third kappa shape index (κ3) is 2.07. The van der Waals surface area contributed by atoms with Crippen molar-refractivity contribution in [3.63, 3.8) is 0 Å². The highest BCUT2D eigenvalue weighted by Crippen LogP contribution is 2.48. The largest absolute Gasteiger partial charge is 0.444 e. The molecule has 0 saturated heterocycles. The lowest BCUT2D eigenvalue weighted by atomic mass is 9.70. The van der Waals surface area contributed by atoms with Crippen molar-refractivity contribution >= 4 is 17.1 Å². The monoisotopic (exact) mass is 300 g/mol. The molecule has 2 aliphatic rings. The smallest absolute Gasteiger partial charge is 0.205 e. The number of carbonyl (C=O) groups excluding carboxylic acids is 1. The molecule has 0 aromatic carbocycles. The molecule has 108 valence electrons. The summed E-state index contributed by atoms with van der Waals surface area (Å²) in [7, 11) is 0. The van der Waals surface area contributed by atoms with Gasteiger partial charge in [-0.3, -0.25) is 4.79 Å². The Labute approximate surface area is 127 Å². The number of allylic oxidation sites excluding steroid dienone is 3. The minimum Gasteiger partial charge on any atom is -0.444 e. The zero-order chi connectivity index (χ0) is 15.2. The normalized spacial score (nSPS) is 24.4. The number of Topliss-reactive ketones (excluding diaryl/α,β-unsaturated/α-hetero) is 1. The minimum atomic E-state index is -0.426. The summed E-state index contributed by atoms with van der Waals surface area (Å²) in [5.41, 5.74) is 6.42. The number of ketones is 1. The molecule has 0 fully saturated rings. The van der Waals surface area contributed by atoms with Crippen molar-refractivity contribution in [3.05, 3.63) is 45.2 Å². The second kappa shape index (κ2) is 4.74. The van der Waals surface area contributed by atoms with Crippen LogP contribution in [0, 0.1) is 16.7 Å². The molecule has 0 bridgehead atoms. The topological polar surface area (TPSA) is 76.1 Å². The summed E-state index contributed by atoms with van der Waals surface area (Å²) in [6, 6.07) is 5.97. The molecule has 5 heteroatoms. The summed E-state index contributed by atoms with van der Waals surface area (Å²) in [5, 5.41) is 11.4. The van der Waals surface area contributed by atoms with Gasteiger partial charge in [-0.1, -0.05) is 19.9 Å². The summed E-state index contributed by atoms with van der Waals surface area (Å²) in [6.45, 7) is 3.89. The molecule has 1 atom stereocenters. The lowest BCUT2D eigenvalue weighted by molar-refractivity contribution is -0.125. The van der Waals surface area contributed by atoms with Crippen LogP contribution in [0.1, 0.15) is 37.5 Å². The van der Waals surface area contributed by atoms with Crippen molar-refractivity contribution in [1.82, 2.24) is 0 Å². The molecule has 1 aliphatic heterocycles. The third-order valence-electron chi connectivity index (χ3n) is 4.16. The maximum Gasteiger partial charge on any atom is 0.205 e. The molecule has 21 heavy (non-hydrogen) atoms. The van der Waals surface area contributed by atoms with E-state index in [0.717, 1.165) is 11.3 Å². The maximum atomic E-state index is 12.8. The number of rotatable bonds is 1. The first-order valence-corrected chi connectivity index (χ1v) is 7.72. The summed E-state index contributed by atoms with van der Waals surface area (Å²) in [5.74, 6) is 0.435. The Hall–Kier alpha value is -2.06. The van der Waals surface area contributed by atoms with Gasteiger partial charge in [-0.05, 0) is 17.9 Å². The van der Waals surface area contributed by atoms with Crippen LogP contribution in [0.3, 0.4) is 0 Å².